The van der Waals surface area contributed by atoms with Crippen LogP contribution in [0.4, 0.5) is 0 Å². The average Bonchev–Trinajstić information content (AvgIpc) is 3.16. The van der Waals surface area contributed by atoms with Crippen LogP contribution in [-0.2, 0) is 31.1 Å². The highest BCUT2D eigenvalue weighted by Crippen LogP contribution is 2.51. The first-order valence-electron chi connectivity index (χ1n) is 10.5. The molecule has 0 radical (unpaired) electrons. The van der Waals surface area contributed by atoms with Crippen molar-refractivity contribution >= 4 is 39.5 Å². The third-order valence-electron chi connectivity index (χ3n) is 4.77. The Kier molecular flexibility index (Phi) is 12.0. The number of hydrogen-bond acceptors (Lipinski definition) is 5. The third-order valence-corrected chi connectivity index (χ3v) is 7.82. The largest absolute Gasteiger partial charge is 0.380 e. The summed E-state index contributed by atoms with van der Waals surface area (Å²) in [5.74, 6) is 0. The van der Waals surface area contributed by atoms with Crippen LogP contribution in [0.3, 0.4) is 0 Å². The number of ether oxygens (including phenoxy) is 1. The van der Waals surface area contributed by atoms with Crippen LogP contribution in [0.25, 0.3) is 0 Å². The molecule has 1 aliphatic heterocycles. The van der Waals surface area contributed by atoms with Gasteiger partial charge in [-0.15, -0.1) is 0 Å². The predicted octanol–water partition coefficient (Wildman–Crippen LogP) is 6.89. The van der Waals surface area contributed by atoms with Gasteiger partial charge in [0.15, 0.2) is 0 Å². The molecule has 0 bridgehead atoms. The second-order valence-corrected chi connectivity index (χ2v) is 11.1. The number of rotatable bonds is 9. The van der Waals surface area contributed by atoms with E-state index in [0.717, 1.165) is 40.6 Å². The maximum absolute atomic E-state index is 12.2. The lowest BCUT2D eigenvalue weighted by molar-refractivity contribution is 0.107. The number of nitrogens with zero attached hydrogens (tertiary/aromatic N) is 1. The van der Waals surface area contributed by atoms with E-state index in [1.807, 2.05) is 38.1 Å². The van der Waals surface area contributed by atoms with Gasteiger partial charge in [0.25, 0.3) is 0 Å². The van der Waals surface area contributed by atoms with E-state index >= 15 is 0 Å². The molecule has 31 heavy (non-hydrogen) atoms. The number of halogens is 2. The Hall–Kier alpha value is -0.530. The molecule has 0 aromatic heterocycles. The van der Waals surface area contributed by atoms with Gasteiger partial charge in [-0.25, -0.2) is 0 Å². The Morgan fingerprint density at radius 1 is 1.00 bits per heavy atom. The van der Waals surface area contributed by atoms with Crippen LogP contribution in [0.2, 0.25) is 0 Å². The number of methoxy groups -OCH3 is 1. The van der Waals surface area contributed by atoms with Crippen LogP contribution >= 0.6 is 39.5 Å². The van der Waals surface area contributed by atoms with Gasteiger partial charge in [0.05, 0.1) is 25.5 Å². The van der Waals surface area contributed by atoms with Crippen molar-refractivity contribution in [2.24, 2.45) is 0 Å². The first-order chi connectivity index (χ1) is 14.9. The molecule has 1 atom stereocenters. The predicted molar refractivity (Wildman–Crippen MR) is 134 cm³/mol. The van der Waals surface area contributed by atoms with Gasteiger partial charge in [-0.1, -0.05) is 56.1 Å². The van der Waals surface area contributed by atoms with E-state index in [9.17, 15) is 4.57 Å². The molecule has 0 N–H and O–H groups in total. The molecule has 0 amide bonds. The molecule has 1 aliphatic rings. The summed E-state index contributed by atoms with van der Waals surface area (Å²) in [6.07, 6.45) is 1.90. The summed E-state index contributed by atoms with van der Waals surface area (Å²) in [4.78, 5) is 2.44. The summed E-state index contributed by atoms with van der Waals surface area (Å²) < 4.78 is 30.2. The minimum Gasteiger partial charge on any atom is -0.380 e. The quantitative estimate of drug-likeness (QED) is 0.304. The third kappa shape index (κ3) is 9.87. The molecule has 1 fully saturated rings. The van der Waals surface area contributed by atoms with Crippen molar-refractivity contribution in [2.75, 3.05) is 33.4 Å². The number of likely N-dealkylation sites (tertiary alicyclic amines) is 1. The van der Waals surface area contributed by atoms with E-state index in [1.165, 1.54) is 5.56 Å². The minimum atomic E-state index is -2.98. The maximum atomic E-state index is 12.2. The van der Waals surface area contributed by atoms with E-state index < -0.39 is 7.60 Å². The highest BCUT2D eigenvalue weighted by atomic mass is 79.9. The van der Waals surface area contributed by atoms with Crippen LogP contribution in [-0.4, -0.2) is 44.4 Å². The van der Waals surface area contributed by atoms with Gasteiger partial charge in [-0.3, -0.25) is 9.46 Å². The smallest absolute Gasteiger partial charge is 0.335 e. The molecule has 1 saturated heterocycles. The fourth-order valence-electron chi connectivity index (χ4n) is 3.41. The van der Waals surface area contributed by atoms with Crippen LogP contribution in [0.1, 0.15) is 31.4 Å². The molecule has 1 heterocycles. The fourth-order valence-corrected chi connectivity index (χ4v) is 5.99. The zero-order valence-electron chi connectivity index (χ0n) is 18.4. The van der Waals surface area contributed by atoms with Crippen LogP contribution in [0.15, 0.2) is 57.5 Å². The molecule has 2 aromatic rings. The molecule has 0 saturated carbocycles. The molecule has 8 heteroatoms. The van der Waals surface area contributed by atoms with Crippen molar-refractivity contribution in [1.82, 2.24) is 4.90 Å². The van der Waals surface area contributed by atoms with Gasteiger partial charge in [0.1, 0.15) is 0 Å². The van der Waals surface area contributed by atoms with Crippen molar-refractivity contribution in [3.8, 4) is 0 Å². The first kappa shape index (κ1) is 26.7. The maximum Gasteiger partial charge on any atom is 0.335 e. The molecule has 172 valence electrons. The van der Waals surface area contributed by atoms with Crippen LogP contribution < -0.4 is 0 Å². The van der Waals surface area contributed by atoms with Gasteiger partial charge in [0.2, 0.25) is 0 Å². The zero-order chi connectivity index (χ0) is 22.7. The zero-order valence-corrected chi connectivity index (χ0v) is 22.5. The molecule has 0 spiro atoms. The topological polar surface area (TPSA) is 48.0 Å². The minimum absolute atomic E-state index is 0.314. The Morgan fingerprint density at radius 2 is 1.58 bits per heavy atom. The lowest BCUT2D eigenvalue weighted by Gasteiger charge is -2.16. The van der Waals surface area contributed by atoms with Crippen LogP contribution in [0, 0.1) is 0 Å². The second kappa shape index (κ2) is 13.9. The van der Waals surface area contributed by atoms with E-state index in [1.54, 1.807) is 7.11 Å². The van der Waals surface area contributed by atoms with E-state index in [-0.39, 0.29) is 0 Å². The Bertz CT molecular complexity index is 842. The molecule has 2 aromatic carbocycles. The summed E-state index contributed by atoms with van der Waals surface area (Å²) in [6.45, 7) is 7.64. The Morgan fingerprint density at radius 3 is 2.10 bits per heavy atom. The van der Waals surface area contributed by atoms with Crippen LogP contribution in [0.5, 0.6) is 0 Å². The van der Waals surface area contributed by atoms with E-state index in [2.05, 4.69) is 61.0 Å². The summed E-state index contributed by atoms with van der Waals surface area (Å²) in [5.41, 5.74) is 2.31. The highest BCUT2D eigenvalue weighted by molar-refractivity contribution is 9.10. The van der Waals surface area contributed by atoms with Crippen molar-refractivity contribution in [1.29, 1.82) is 0 Å². The van der Waals surface area contributed by atoms with Gasteiger partial charge < -0.3 is 13.8 Å². The molecule has 0 aliphatic carbocycles. The SMILES string of the molecule is CCOP(=O)(Cc1cccc(Br)c1)OCC.CO[C@@H]1CCN(Cc2cccc(Br)c2)C1. The van der Waals surface area contributed by atoms with Crippen molar-refractivity contribution < 1.29 is 18.3 Å². The lowest BCUT2D eigenvalue weighted by atomic mass is 10.2. The Labute approximate surface area is 203 Å². The van der Waals surface area contributed by atoms with Gasteiger partial charge >= 0.3 is 7.60 Å². The average molecular weight is 577 g/mol. The summed E-state index contributed by atoms with van der Waals surface area (Å²) >= 11 is 6.87. The summed E-state index contributed by atoms with van der Waals surface area (Å²) in [5, 5.41) is 0. The van der Waals surface area contributed by atoms with Gasteiger partial charge in [0, 0.05) is 35.7 Å². The number of benzene rings is 2. The van der Waals surface area contributed by atoms with E-state index in [0.29, 0.717) is 25.5 Å². The van der Waals surface area contributed by atoms with Crippen molar-refractivity contribution in [3.05, 3.63) is 68.6 Å². The number of hydrogen-bond donors (Lipinski definition) is 0. The normalized spacial score (nSPS) is 16.7. The Balaban J connectivity index is 0.000000220. The molecular formula is C23H32Br2NO4P. The van der Waals surface area contributed by atoms with Gasteiger partial charge in [-0.2, -0.15) is 0 Å². The molecular weight excluding hydrogens is 545 g/mol. The molecule has 5 nitrogen and oxygen atoms in total. The van der Waals surface area contributed by atoms with Gasteiger partial charge in [-0.05, 0) is 55.7 Å². The fraction of sp³-hybridized carbons (Fsp3) is 0.478. The highest BCUT2D eigenvalue weighted by Gasteiger charge is 2.24. The standard InChI is InChI=1S/C12H16BrNO.C11H16BrO3P/c1-15-12-5-6-14(9-12)8-10-3-2-4-11(13)7-10;1-3-14-16(13,15-4-2)9-10-6-5-7-11(12)8-10/h2-4,7,12H,5-6,8-9H2,1H3;5-8H,3-4,9H2,1-2H3/t12-;/m1./s1. The molecule has 3 rings (SSSR count). The summed E-state index contributed by atoms with van der Waals surface area (Å²) in [6, 6.07) is 16.2. The monoisotopic (exact) mass is 575 g/mol. The van der Waals surface area contributed by atoms with E-state index in [4.69, 9.17) is 13.8 Å². The first-order valence-corrected chi connectivity index (χ1v) is 13.8. The lowest BCUT2D eigenvalue weighted by Crippen LogP contribution is -2.22. The van der Waals surface area contributed by atoms with Crippen molar-refractivity contribution in [2.45, 2.75) is 39.1 Å². The summed E-state index contributed by atoms with van der Waals surface area (Å²) in [7, 11) is -1.18. The second-order valence-electron chi connectivity index (χ2n) is 7.25. The van der Waals surface area contributed by atoms with Crippen molar-refractivity contribution in [3.63, 3.8) is 0 Å². The molecule has 0 unspecified atom stereocenters.